The van der Waals surface area contributed by atoms with Gasteiger partial charge in [0.15, 0.2) is 0 Å². The molecule has 0 saturated carbocycles. The van der Waals surface area contributed by atoms with Crippen molar-refractivity contribution in [3.05, 3.63) is 77.2 Å². The summed E-state index contributed by atoms with van der Waals surface area (Å²) >= 11 is 5.87. The van der Waals surface area contributed by atoms with E-state index in [1.807, 2.05) is 24.3 Å². The fourth-order valence-electron chi connectivity index (χ4n) is 2.20. The Morgan fingerprint density at radius 2 is 1.88 bits per heavy atom. The van der Waals surface area contributed by atoms with E-state index in [2.05, 4.69) is 20.6 Å². The lowest BCUT2D eigenvalue weighted by Crippen LogP contribution is -2.07. The predicted octanol–water partition coefficient (Wildman–Crippen LogP) is 4.67. The van der Waals surface area contributed by atoms with Crippen LogP contribution in [0.1, 0.15) is 5.56 Å². The zero-order valence-corrected chi connectivity index (χ0v) is 13.6. The van der Waals surface area contributed by atoms with Crippen LogP contribution in [0.3, 0.4) is 0 Å². The monoisotopic (exact) mass is 342 g/mol. The van der Waals surface area contributed by atoms with Gasteiger partial charge in [-0.3, -0.25) is 0 Å². The largest absolute Gasteiger partial charge is 0.370 e. The standard InChI is InChI=1S/C18H16ClFN4/c19-14-6-4-13(5-7-14)8-10-21-17-9-11-22-18(24-17)23-16-3-1-2-15(20)12-16/h1-7,9,11-12H,8,10H2,(H2,21,22,23,24). The van der Waals surface area contributed by atoms with Crippen LogP contribution in [-0.2, 0) is 6.42 Å². The first-order valence-corrected chi connectivity index (χ1v) is 7.91. The number of halogens is 2. The lowest BCUT2D eigenvalue weighted by Gasteiger charge is -2.08. The smallest absolute Gasteiger partial charge is 0.229 e. The van der Waals surface area contributed by atoms with Crippen molar-refractivity contribution in [2.45, 2.75) is 6.42 Å². The van der Waals surface area contributed by atoms with Gasteiger partial charge in [-0.15, -0.1) is 0 Å². The van der Waals surface area contributed by atoms with Crippen molar-refractivity contribution in [1.82, 2.24) is 9.97 Å². The summed E-state index contributed by atoms with van der Waals surface area (Å²) in [7, 11) is 0. The fraction of sp³-hybridized carbons (Fsp3) is 0.111. The summed E-state index contributed by atoms with van der Waals surface area (Å²) in [5.74, 6) is 0.812. The van der Waals surface area contributed by atoms with Gasteiger partial charge in [0.25, 0.3) is 0 Å². The summed E-state index contributed by atoms with van der Waals surface area (Å²) in [5, 5.41) is 6.96. The van der Waals surface area contributed by atoms with Gasteiger partial charge in [-0.05, 0) is 48.4 Å². The number of hydrogen-bond acceptors (Lipinski definition) is 4. The van der Waals surface area contributed by atoms with Gasteiger partial charge in [0, 0.05) is 23.5 Å². The Morgan fingerprint density at radius 1 is 1.04 bits per heavy atom. The van der Waals surface area contributed by atoms with Crippen LogP contribution in [0.25, 0.3) is 0 Å². The first kappa shape index (κ1) is 16.2. The molecule has 1 heterocycles. The Labute approximate surface area is 144 Å². The molecule has 0 aliphatic rings. The summed E-state index contributed by atoms with van der Waals surface area (Å²) in [4.78, 5) is 8.51. The number of hydrogen-bond donors (Lipinski definition) is 2. The first-order chi connectivity index (χ1) is 11.7. The highest BCUT2D eigenvalue weighted by molar-refractivity contribution is 6.30. The average molecular weight is 343 g/mol. The van der Waals surface area contributed by atoms with Crippen LogP contribution in [0, 0.1) is 5.82 Å². The molecule has 0 saturated heterocycles. The number of nitrogens with one attached hydrogen (secondary N) is 2. The molecular weight excluding hydrogens is 327 g/mol. The molecule has 24 heavy (non-hydrogen) atoms. The third-order valence-electron chi connectivity index (χ3n) is 3.37. The number of rotatable bonds is 6. The van der Waals surface area contributed by atoms with Crippen LogP contribution in [0.15, 0.2) is 60.8 Å². The number of anilines is 3. The van der Waals surface area contributed by atoms with Crippen molar-refractivity contribution in [3.63, 3.8) is 0 Å². The molecule has 0 atom stereocenters. The predicted molar refractivity (Wildman–Crippen MR) is 95.4 cm³/mol. The topological polar surface area (TPSA) is 49.8 Å². The van der Waals surface area contributed by atoms with Gasteiger partial charge >= 0.3 is 0 Å². The average Bonchev–Trinajstić information content (AvgIpc) is 2.57. The van der Waals surface area contributed by atoms with E-state index in [-0.39, 0.29) is 5.82 Å². The Morgan fingerprint density at radius 3 is 2.67 bits per heavy atom. The van der Waals surface area contributed by atoms with Crippen LogP contribution in [0.4, 0.5) is 21.8 Å². The van der Waals surface area contributed by atoms with Crippen LogP contribution in [0.2, 0.25) is 5.02 Å². The molecule has 0 unspecified atom stereocenters. The van der Waals surface area contributed by atoms with E-state index in [9.17, 15) is 4.39 Å². The van der Waals surface area contributed by atoms with Crippen molar-refractivity contribution < 1.29 is 4.39 Å². The maximum absolute atomic E-state index is 13.2. The summed E-state index contributed by atoms with van der Waals surface area (Å²) in [5.41, 5.74) is 1.80. The number of nitrogens with zero attached hydrogens (tertiary/aromatic N) is 2. The molecule has 0 aliphatic heterocycles. The van der Waals surface area contributed by atoms with E-state index in [4.69, 9.17) is 11.6 Å². The SMILES string of the molecule is Fc1cccc(Nc2nccc(NCCc3ccc(Cl)cc3)n2)c1. The van der Waals surface area contributed by atoms with Crippen LogP contribution in [-0.4, -0.2) is 16.5 Å². The van der Waals surface area contributed by atoms with E-state index in [0.717, 1.165) is 18.0 Å². The van der Waals surface area contributed by atoms with Crippen molar-refractivity contribution in [1.29, 1.82) is 0 Å². The lowest BCUT2D eigenvalue weighted by atomic mass is 10.1. The zero-order chi connectivity index (χ0) is 16.8. The quantitative estimate of drug-likeness (QED) is 0.683. The molecule has 1 aromatic heterocycles. The molecular formula is C18H16ClFN4. The molecule has 0 radical (unpaired) electrons. The molecule has 0 fully saturated rings. The van der Waals surface area contributed by atoms with E-state index < -0.39 is 0 Å². The molecule has 3 rings (SSSR count). The Kier molecular flexibility index (Phi) is 5.23. The van der Waals surface area contributed by atoms with E-state index >= 15 is 0 Å². The highest BCUT2D eigenvalue weighted by Gasteiger charge is 2.01. The molecule has 0 bridgehead atoms. The van der Waals surface area contributed by atoms with E-state index in [1.54, 1.807) is 24.4 Å². The maximum atomic E-state index is 13.2. The molecule has 2 aromatic carbocycles. The summed E-state index contributed by atoms with van der Waals surface area (Å²) < 4.78 is 13.2. The maximum Gasteiger partial charge on any atom is 0.229 e. The second-order valence-corrected chi connectivity index (χ2v) is 5.64. The summed E-state index contributed by atoms with van der Waals surface area (Å²) in [6, 6.07) is 15.7. The third-order valence-corrected chi connectivity index (χ3v) is 3.62. The summed E-state index contributed by atoms with van der Waals surface area (Å²) in [6.07, 6.45) is 2.51. The zero-order valence-electron chi connectivity index (χ0n) is 12.8. The van der Waals surface area contributed by atoms with Crippen molar-refractivity contribution in [2.75, 3.05) is 17.2 Å². The molecule has 4 nitrogen and oxygen atoms in total. The van der Waals surface area contributed by atoms with Gasteiger partial charge in [0.1, 0.15) is 11.6 Å². The van der Waals surface area contributed by atoms with Gasteiger partial charge < -0.3 is 10.6 Å². The van der Waals surface area contributed by atoms with Gasteiger partial charge in [-0.2, -0.15) is 4.98 Å². The molecule has 3 aromatic rings. The van der Waals surface area contributed by atoms with Crippen LogP contribution < -0.4 is 10.6 Å². The van der Waals surface area contributed by atoms with Gasteiger partial charge in [0.05, 0.1) is 0 Å². The van der Waals surface area contributed by atoms with Crippen molar-refractivity contribution in [2.24, 2.45) is 0 Å². The second-order valence-electron chi connectivity index (χ2n) is 5.20. The third kappa shape index (κ3) is 4.67. The Bertz CT molecular complexity index is 808. The minimum atomic E-state index is -0.308. The normalized spacial score (nSPS) is 10.4. The van der Waals surface area contributed by atoms with E-state index in [0.29, 0.717) is 17.5 Å². The molecule has 2 N–H and O–H groups in total. The number of aromatic nitrogens is 2. The van der Waals surface area contributed by atoms with Gasteiger partial charge in [0.2, 0.25) is 5.95 Å². The highest BCUT2D eigenvalue weighted by atomic mass is 35.5. The second kappa shape index (κ2) is 7.75. The lowest BCUT2D eigenvalue weighted by molar-refractivity contribution is 0.628. The molecule has 0 spiro atoms. The minimum Gasteiger partial charge on any atom is -0.370 e. The first-order valence-electron chi connectivity index (χ1n) is 7.53. The van der Waals surface area contributed by atoms with Crippen LogP contribution in [0.5, 0.6) is 0 Å². The Hall–Kier alpha value is -2.66. The van der Waals surface area contributed by atoms with E-state index in [1.165, 1.54) is 17.7 Å². The van der Waals surface area contributed by atoms with Gasteiger partial charge in [-0.1, -0.05) is 29.8 Å². The highest BCUT2D eigenvalue weighted by Crippen LogP contribution is 2.15. The minimum absolute atomic E-state index is 0.308. The molecule has 122 valence electrons. The van der Waals surface area contributed by atoms with Crippen molar-refractivity contribution >= 4 is 29.1 Å². The molecule has 6 heteroatoms. The fourth-order valence-corrected chi connectivity index (χ4v) is 2.32. The van der Waals surface area contributed by atoms with Gasteiger partial charge in [-0.25, -0.2) is 9.37 Å². The molecule has 0 aliphatic carbocycles. The number of benzene rings is 2. The van der Waals surface area contributed by atoms with Crippen molar-refractivity contribution in [3.8, 4) is 0 Å². The van der Waals surface area contributed by atoms with Crippen LogP contribution >= 0.6 is 11.6 Å². The Balaban J connectivity index is 1.57. The molecule has 0 amide bonds. The summed E-state index contributed by atoms with van der Waals surface area (Å²) in [6.45, 7) is 0.734.